The summed E-state index contributed by atoms with van der Waals surface area (Å²) in [6, 6.07) is 21.6. The van der Waals surface area contributed by atoms with E-state index in [9.17, 15) is 0 Å². The summed E-state index contributed by atoms with van der Waals surface area (Å²) in [5.41, 5.74) is 4.01. The molecule has 0 saturated carbocycles. The van der Waals surface area contributed by atoms with E-state index in [-0.39, 0.29) is 6.04 Å². The molecule has 0 fully saturated rings. The van der Waals surface area contributed by atoms with Crippen LogP contribution in [-0.4, -0.2) is 17.8 Å². The van der Waals surface area contributed by atoms with Crippen molar-refractivity contribution in [3.8, 4) is 11.5 Å². The number of halogens is 2. The van der Waals surface area contributed by atoms with E-state index >= 15 is 0 Å². The molecule has 5 rings (SSSR count). The van der Waals surface area contributed by atoms with Crippen LogP contribution in [0.2, 0.25) is 10.0 Å². The molecule has 0 amide bonds. The van der Waals surface area contributed by atoms with Crippen LogP contribution in [0, 0.1) is 0 Å². The number of nitrogens with zero attached hydrogens (tertiary/aromatic N) is 2. The minimum atomic E-state index is -0.438. The summed E-state index contributed by atoms with van der Waals surface area (Å²) in [5.74, 6) is 1.61. The summed E-state index contributed by atoms with van der Waals surface area (Å²) < 4.78 is 11.8. The Labute approximate surface area is 179 Å². The van der Waals surface area contributed by atoms with Crippen molar-refractivity contribution >= 4 is 28.9 Å². The molecule has 3 aromatic rings. The Balaban J connectivity index is 1.63. The smallest absolute Gasteiger partial charge is 0.215 e. The number of fused-ring (bicyclic) bond motifs is 3. The number of benzene rings is 3. The highest BCUT2D eigenvalue weighted by Gasteiger charge is 2.41. The first-order valence-corrected chi connectivity index (χ1v) is 10.1. The third-order valence-electron chi connectivity index (χ3n) is 5.33. The predicted octanol–water partition coefficient (Wildman–Crippen LogP) is 6.24. The van der Waals surface area contributed by atoms with E-state index in [4.69, 9.17) is 37.8 Å². The molecule has 2 atom stereocenters. The summed E-state index contributed by atoms with van der Waals surface area (Å²) in [4.78, 5) is 0. The van der Waals surface area contributed by atoms with Gasteiger partial charge in [-0.15, -0.1) is 0 Å². The highest BCUT2D eigenvalue weighted by atomic mass is 35.5. The number of ether oxygens (including phenoxy) is 2. The lowest BCUT2D eigenvalue weighted by Crippen LogP contribution is -2.33. The van der Waals surface area contributed by atoms with Crippen molar-refractivity contribution in [3.63, 3.8) is 0 Å². The van der Waals surface area contributed by atoms with Crippen molar-refractivity contribution in [2.24, 2.45) is 5.10 Å². The molecule has 0 spiro atoms. The van der Waals surface area contributed by atoms with Crippen molar-refractivity contribution in [1.82, 2.24) is 5.01 Å². The Morgan fingerprint density at radius 3 is 2.59 bits per heavy atom. The van der Waals surface area contributed by atoms with Gasteiger partial charge in [0.1, 0.15) is 11.5 Å². The van der Waals surface area contributed by atoms with Gasteiger partial charge in [0, 0.05) is 22.6 Å². The van der Waals surface area contributed by atoms with Crippen LogP contribution in [0.4, 0.5) is 0 Å². The third-order valence-corrected chi connectivity index (χ3v) is 5.90. The molecule has 3 aromatic carbocycles. The predicted molar refractivity (Wildman–Crippen MR) is 115 cm³/mol. The summed E-state index contributed by atoms with van der Waals surface area (Å²) in [5, 5.41) is 8.09. The maximum Gasteiger partial charge on any atom is 0.215 e. The second-order valence-corrected chi connectivity index (χ2v) is 7.90. The molecular weight excluding hydrogens is 407 g/mol. The fourth-order valence-electron chi connectivity index (χ4n) is 3.90. The maximum atomic E-state index is 6.52. The monoisotopic (exact) mass is 424 g/mol. The van der Waals surface area contributed by atoms with Gasteiger partial charge in [0.15, 0.2) is 0 Å². The van der Waals surface area contributed by atoms with E-state index in [0.717, 1.165) is 40.3 Å². The van der Waals surface area contributed by atoms with Gasteiger partial charge in [0.25, 0.3) is 0 Å². The van der Waals surface area contributed by atoms with E-state index in [1.54, 1.807) is 13.2 Å². The zero-order chi connectivity index (χ0) is 20.0. The van der Waals surface area contributed by atoms with Crippen LogP contribution < -0.4 is 9.47 Å². The molecule has 2 aliphatic heterocycles. The summed E-state index contributed by atoms with van der Waals surface area (Å²) >= 11 is 12.6. The average Bonchev–Trinajstić information content (AvgIpc) is 3.20. The molecule has 0 aromatic heterocycles. The molecule has 0 bridgehead atoms. The fourth-order valence-corrected chi connectivity index (χ4v) is 4.41. The lowest BCUT2D eigenvalue weighted by atomic mass is 9.95. The van der Waals surface area contributed by atoms with Gasteiger partial charge in [-0.25, -0.2) is 5.01 Å². The van der Waals surface area contributed by atoms with Gasteiger partial charge >= 0.3 is 0 Å². The highest BCUT2D eigenvalue weighted by molar-refractivity contribution is 6.35. The van der Waals surface area contributed by atoms with Crippen LogP contribution >= 0.6 is 23.2 Å². The molecule has 6 heteroatoms. The standard InChI is InChI=1S/C23H18Cl2N2O2/c1-28-16-8-10-22-18(12-16)21-13-20(14-5-3-2-4-6-14)26-27(21)23(29-22)17-9-7-15(24)11-19(17)25/h2-12,21,23H,13H2,1H3/t21-,23+/m1/s1. The van der Waals surface area contributed by atoms with Crippen molar-refractivity contribution in [2.45, 2.75) is 18.7 Å². The largest absolute Gasteiger partial charge is 0.497 e. The Bertz CT molecular complexity index is 1100. The Hall–Kier alpha value is -2.69. The molecule has 0 aliphatic carbocycles. The van der Waals surface area contributed by atoms with E-state index in [1.165, 1.54) is 0 Å². The molecule has 0 radical (unpaired) electrons. The van der Waals surface area contributed by atoms with Crippen molar-refractivity contribution < 1.29 is 9.47 Å². The molecule has 29 heavy (non-hydrogen) atoms. The molecule has 2 aliphatic rings. The number of hydrogen-bond acceptors (Lipinski definition) is 4. The van der Waals surface area contributed by atoms with Crippen molar-refractivity contribution in [1.29, 1.82) is 0 Å². The van der Waals surface area contributed by atoms with E-state index in [0.29, 0.717) is 10.0 Å². The minimum absolute atomic E-state index is 0.0285. The molecule has 2 heterocycles. The highest BCUT2D eigenvalue weighted by Crippen LogP contribution is 2.49. The van der Waals surface area contributed by atoms with Crippen LogP contribution in [0.5, 0.6) is 11.5 Å². The lowest BCUT2D eigenvalue weighted by Gasteiger charge is -2.38. The van der Waals surface area contributed by atoms with Gasteiger partial charge in [-0.1, -0.05) is 59.6 Å². The first-order valence-electron chi connectivity index (χ1n) is 9.35. The minimum Gasteiger partial charge on any atom is -0.497 e. The van der Waals surface area contributed by atoms with Crippen molar-refractivity contribution in [2.75, 3.05) is 7.11 Å². The molecule has 146 valence electrons. The number of methoxy groups -OCH3 is 1. The quantitative estimate of drug-likeness (QED) is 0.498. The fraction of sp³-hybridized carbons (Fsp3) is 0.174. The third kappa shape index (κ3) is 3.22. The molecule has 0 unspecified atom stereocenters. The summed E-state index contributed by atoms with van der Waals surface area (Å²) in [6.45, 7) is 0. The van der Waals surface area contributed by atoms with Crippen LogP contribution in [0.15, 0.2) is 71.8 Å². The molecular formula is C23H18Cl2N2O2. The Morgan fingerprint density at radius 2 is 1.83 bits per heavy atom. The van der Waals surface area contributed by atoms with Crippen molar-refractivity contribution in [3.05, 3.63) is 93.5 Å². The molecule has 0 N–H and O–H groups in total. The number of hydrogen-bond donors (Lipinski definition) is 0. The summed E-state index contributed by atoms with van der Waals surface area (Å²) in [6.07, 6.45) is 0.335. The number of rotatable bonds is 3. The van der Waals surface area contributed by atoms with Gasteiger partial charge in [-0.2, -0.15) is 5.10 Å². The van der Waals surface area contributed by atoms with E-state index in [2.05, 4.69) is 12.1 Å². The molecule has 4 nitrogen and oxygen atoms in total. The summed E-state index contributed by atoms with van der Waals surface area (Å²) in [7, 11) is 1.67. The SMILES string of the molecule is COc1ccc2c(c1)[C@H]1CC(c3ccccc3)=NN1[C@H](c1ccc(Cl)cc1Cl)O2. The topological polar surface area (TPSA) is 34.1 Å². The van der Waals surface area contributed by atoms with Gasteiger partial charge in [-0.05, 0) is 35.9 Å². The zero-order valence-corrected chi connectivity index (χ0v) is 17.2. The van der Waals surface area contributed by atoms with Gasteiger partial charge in [0.05, 0.1) is 23.9 Å². The normalized spacial score (nSPS) is 19.8. The average molecular weight is 425 g/mol. The van der Waals surface area contributed by atoms with Gasteiger partial charge in [0.2, 0.25) is 6.23 Å². The Kier molecular flexibility index (Phi) is 4.61. The van der Waals surface area contributed by atoms with Crippen LogP contribution in [0.1, 0.15) is 35.4 Å². The van der Waals surface area contributed by atoms with Gasteiger partial charge < -0.3 is 9.47 Å². The Morgan fingerprint density at radius 1 is 1.00 bits per heavy atom. The zero-order valence-electron chi connectivity index (χ0n) is 15.7. The lowest BCUT2D eigenvalue weighted by molar-refractivity contribution is -0.0190. The molecule has 0 saturated heterocycles. The maximum absolute atomic E-state index is 6.52. The second-order valence-electron chi connectivity index (χ2n) is 7.05. The van der Waals surface area contributed by atoms with Crippen LogP contribution in [0.25, 0.3) is 0 Å². The number of hydrazone groups is 1. The van der Waals surface area contributed by atoms with Gasteiger partial charge in [-0.3, -0.25) is 0 Å². The first-order chi connectivity index (χ1) is 14.1. The second kappa shape index (κ2) is 7.29. The van der Waals surface area contributed by atoms with E-state index in [1.807, 2.05) is 53.5 Å². The van der Waals surface area contributed by atoms with Crippen LogP contribution in [-0.2, 0) is 0 Å². The van der Waals surface area contributed by atoms with Crippen LogP contribution in [0.3, 0.4) is 0 Å². The first kappa shape index (κ1) is 18.3. The van der Waals surface area contributed by atoms with E-state index < -0.39 is 6.23 Å².